The molecule has 0 bridgehead atoms. The van der Waals surface area contributed by atoms with E-state index in [1.807, 2.05) is 0 Å². The van der Waals surface area contributed by atoms with Crippen LogP contribution in [0.4, 0.5) is 17.6 Å². The van der Waals surface area contributed by atoms with Gasteiger partial charge < -0.3 is 9.64 Å². The molecule has 0 heterocycles. The van der Waals surface area contributed by atoms with Crippen LogP contribution in [0.3, 0.4) is 0 Å². The Bertz CT molecular complexity index is 479. The lowest BCUT2D eigenvalue weighted by Crippen LogP contribution is -2.40. The van der Waals surface area contributed by atoms with Gasteiger partial charge in [0.1, 0.15) is 6.54 Å². The van der Waals surface area contributed by atoms with Gasteiger partial charge in [-0.05, 0) is 18.2 Å². The highest BCUT2D eigenvalue weighted by Crippen LogP contribution is 2.22. The van der Waals surface area contributed by atoms with E-state index >= 15 is 0 Å². The Morgan fingerprint density at radius 1 is 1.40 bits per heavy atom. The van der Waals surface area contributed by atoms with E-state index in [0.29, 0.717) is 4.90 Å². The molecule has 0 saturated carbocycles. The Balaban J connectivity index is 3.00. The summed E-state index contributed by atoms with van der Waals surface area (Å²) < 4.78 is 55.2. The molecule has 1 aromatic rings. The van der Waals surface area contributed by atoms with Gasteiger partial charge in [0.05, 0.1) is 7.11 Å². The number of carbonyl (C=O) groups excluding carboxylic acids is 1. The van der Waals surface area contributed by atoms with Gasteiger partial charge in [0.2, 0.25) is 0 Å². The first-order chi connectivity index (χ1) is 9.28. The fourth-order valence-electron chi connectivity index (χ4n) is 1.55. The van der Waals surface area contributed by atoms with Crippen LogP contribution >= 0.6 is 15.9 Å². The number of nitrogens with zero attached hydrogens (tertiary/aromatic N) is 1. The van der Waals surface area contributed by atoms with Crippen molar-refractivity contribution in [2.75, 3.05) is 25.5 Å². The van der Waals surface area contributed by atoms with Crippen LogP contribution in [0, 0.1) is 5.82 Å². The van der Waals surface area contributed by atoms with Gasteiger partial charge in [0.15, 0.2) is 11.6 Å². The van der Waals surface area contributed by atoms with Crippen LogP contribution in [0.5, 0.6) is 5.75 Å². The molecule has 0 unspecified atom stereocenters. The number of hydrogen-bond acceptors (Lipinski definition) is 2. The number of halogens is 5. The van der Waals surface area contributed by atoms with Gasteiger partial charge in [-0.2, -0.15) is 13.2 Å². The minimum absolute atomic E-state index is 0.0616. The molecule has 1 aromatic carbocycles. The van der Waals surface area contributed by atoms with Crippen LogP contribution < -0.4 is 4.74 Å². The number of alkyl halides is 4. The normalized spacial score (nSPS) is 11.3. The Morgan fingerprint density at radius 2 is 2.05 bits per heavy atom. The lowest BCUT2D eigenvalue weighted by molar-refractivity contribution is -0.140. The van der Waals surface area contributed by atoms with Crippen LogP contribution in [-0.4, -0.2) is 42.5 Å². The van der Waals surface area contributed by atoms with E-state index in [2.05, 4.69) is 15.9 Å². The second kappa shape index (κ2) is 6.92. The van der Waals surface area contributed by atoms with Gasteiger partial charge in [-0.25, -0.2) is 4.39 Å². The molecule has 3 nitrogen and oxygen atoms in total. The second-order valence-corrected chi connectivity index (χ2v) is 4.67. The molecule has 1 amide bonds. The maximum absolute atomic E-state index is 13.2. The number of rotatable bonds is 5. The van der Waals surface area contributed by atoms with E-state index in [9.17, 15) is 22.4 Å². The molecule has 0 aliphatic rings. The predicted octanol–water partition coefficient (Wildman–Crippen LogP) is 3.23. The molecule has 0 saturated heterocycles. The Morgan fingerprint density at radius 3 is 2.55 bits per heavy atom. The van der Waals surface area contributed by atoms with E-state index < -0.39 is 24.4 Å². The van der Waals surface area contributed by atoms with Crippen LogP contribution in [0.25, 0.3) is 0 Å². The zero-order chi connectivity index (χ0) is 15.3. The number of ether oxygens (including phenoxy) is 1. The fraction of sp³-hybridized carbons (Fsp3) is 0.417. The van der Waals surface area contributed by atoms with Crippen molar-refractivity contribution < 1.29 is 27.1 Å². The lowest BCUT2D eigenvalue weighted by Gasteiger charge is -2.23. The van der Waals surface area contributed by atoms with Crippen molar-refractivity contribution in [3.05, 3.63) is 29.6 Å². The van der Waals surface area contributed by atoms with E-state index in [4.69, 9.17) is 4.74 Å². The molecule has 8 heteroatoms. The minimum atomic E-state index is -4.50. The average molecular weight is 358 g/mol. The van der Waals surface area contributed by atoms with Crippen molar-refractivity contribution in [1.82, 2.24) is 4.90 Å². The first kappa shape index (κ1) is 16.7. The topological polar surface area (TPSA) is 29.5 Å². The Labute approximate surface area is 121 Å². The second-order valence-electron chi connectivity index (χ2n) is 3.88. The highest BCUT2D eigenvalue weighted by atomic mass is 79.9. The van der Waals surface area contributed by atoms with Crippen LogP contribution in [0.1, 0.15) is 10.4 Å². The molecule has 0 radical (unpaired) electrons. The molecule has 0 aliphatic heterocycles. The number of carbonyl (C=O) groups is 1. The molecule has 20 heavy (non-hydrogen) atoms. The number of hydrogen-bond donors (Lipinski definition) is 0. The van der Waals surface area contributed by atoms with Gasteiger partial charge in [-0.1, -0.05) is 15.9 Å². The van der Waals surface area contributed by atoms with Crippen molar-refractivity contribution in [1.29, 1.82) is 0 Å². The molecular formula is C12H12BrF4NO2. The summed E-state index contributed by atoms with van der Waals surface area (Å²) in [6.45, 7) is -1.48. The van der Waals surface area contributed by atoms with Gasteiger partial charge in [-0.15, -0.1) is 0 Å². The first-order valence-corrected chi connectivity index (χ1v) is 6.66. The Kier molecular flexibility index (Phi) is 5.79. The summed E-state index contributed by atoms with van der Waals surface area (Å²) in [5.41, 5.74) is -0.0616. The Hall–Kier alpha value is -1.31. The van der Waals surface area contributed by atoms with Gasteiger partial charge >= 0.3 is 6.18 Å². The summed E-state index contributed by atoms with van der Waals surface area (Å²) in [5.74, 6) is -1.71. The van der Waals surface area contributed by atoms with Crippen molar-refractivity contribution in [2.45, 2.75) is 6.18 Å². The summed E-state index contributed by atoms with van der Waals surface area (Å²) in [4.78, 5) is 12.7. The van der Waals surface area contributed by atoms with E-state index in [1.165, 1.54) is 7.11 Å². The standard InChI is InChI=1S/C12H12BrF4NO2/c1-20-10-6-8(2-3-9(10)14)11(19)18(5-4-13)7-12(15,16)17/h2-3,6H,4-5,7H2,1H3. The highest BCUT2D eigenvalue weighted by molar-refractivity contribution is 9.09. The van der Waals surface area contributed by atoms with Crippen molar-refractivity contribution in [2.24, 2.45) is 0 Å². The summed E-state index contributed by atoms with van der Waals surface area (Å²) in [7, 11) is 1.21. The average Bonchev–Trinajstić information content (AvgIpc) is 2.36. The van der Waals surface area contributed by atoms with Gasteiger partial charge in [0, 0.05) is 17.4 Å². The highest BCUT2D eigenvalue weighted by Gasteiger charge is 2.33. The maximum Gasteiger partial charge on any atom is 0.406 e. The molecule has 0 spiro atoms. The first-order valence-electron chi connectivity index (χ1n) is 5.54. The zero-order valence-electron chi connectivity index (χ0n) is 10.5. The SMILES string of the molecule is COc1cc(C(=O)N(CCBr)CC(F)(F)F)ccc1F. The summed E-state index contributed by atoms with van der Waals surface area (Å²) in [6, 6.07) is 3.18. The maximum atomic E-state index is 13.2. The van der Waals surface area contributed by atoms with Crippen molar-refractivity contribution >= 4 is 21.8 Å². The number of methoxy groups -OCH3 is 1. The largest absolute Gasteiger partial charge is 0.494 e. The number of amides is 1. The van der Waals surface area contributed by atoms with Gasteiger partial charge in [-0.3, -0.25) is 4.79 Å². The smallest absolute Gasteiger partial charge is 0.406 e. The van der Waals surface area contributed by atoms with Crippen LogP contribution in [0.2, 0.25) is 0 Å². The van der Waals surface area contributed by atoms with E-state index in [1.54, 1.807) is 0 Å². The third kappa shape index (κ3) is 4.66. The summed E-state index contributed by atoms with van der Waals surface area (Å²) in [6.07, 6.45) is -4.50. The lowest BCUT2D eigenvalue weighted by atomic mass is 10.1. The fourth-order valence-corrected chi connectivity index (χ4v) is 1.97. The molecule has 0 aromatic heterocycles. The van der Waals surface area contributed by atoms with E-state index in [0.717, 1.165) is 18.2 Å². The molecule has 112 valence electrons. The summed E-state index contributed by atoms with van der Waals surface area (Å²) >= 11 is 2.99. The van der Waals surface area contributed by atoms with Crippen LogP contribution in [-0.2, 0) is 0 Å². The molecule has 0 N–H and O–H groups in total. The number of benzene rings is 1. The molecule has 0 aliphatic carbocycles. The predicted molar refractivity (Wildman–Crippen MR) is 68.7 cm³/mol. The van der Waals surface area contributed by atoms with Crippen molar-refractivity contribution in [3.8, 4) is 5.75 Å². The molecular weight excluding hydrogens is 346 g/mol. The third-order valence-corrected chi connectivity index (χ3v) is 2.76. The molecule has 0 fully saturated rings. The quantitative estimate of drug-likeness (QED) is 0.598. The summed E-state index contributed by atoms with van der Waals surface area (Å²) in [5, 5.41) is 0.202. The third-order valence-electron chi connectivity index (χ3n) is 2.41. The van der Waals surface area contributed by atoms with Gasteiger partial charge in [0.25, 0.3) is 5.91 Å². The molecule has 1 rings (SSSR count). The monoisotopic (exact) mass is 357 g/mol. The molecule has 0 atom stereocenters. The minimum Gasteiger partial charge on any atom is -0.494 e. The zero-order valence-corrected chi connectivity index (χ0v) is 12.1. The van der Waals surface area contributed by atoms with E-state index in [-0.39, 0.29) is 23.2 Å². The van der Waals surface area contributed by atoms with Crippen molar-refractivity contribution in [3.63, 3.8) is 0 Å². The van der Waals surface area contributed by atoms with Crippen LogP contribution in [0.15, 0.2) is 18.2 Å².